The largest absolute Gasteiger partial charge is 0.489 e. The zero-order valence-corrected chi connectivity index (χ0v) is 20.9. The molecule has 1 N–H and O–H groups in total. The predicted molar refractivity (Wildman–Crippen MR) is 136 cm³/mol. The molecule has 37 heavy (non-hydrogen) atoms. The summed E-state index contributed by atoms with van der Waals surface area (Å²) in [6.07, 6.45) is 1.04. The number of ether oxygens (including phenoxy) is 2. The molecule has 0 saturated carbocycles. The molecule has 5 rings (SSSR count). The summed E-state index contributed by atoms with van der Waals surface area (Å²) in [7, 11) is 0. The number of amides is 1. The van der Waals surface area contributed by atoms with Crippen LogP contribution in [0.2, 0.25) is 5.02 Å². The molecule has 0 spiro atoms. The van der Waals surface area contributed by atoms with Crippen LogP contribution < -0.4 is 14.4 Å². The first-order valence-corrected chi connectivity index (χ1v) is 12.2. The van der Waals surface area contributed by atoms with E-state index in [0.717, 1.165) is 11.3 Å². The Morgan fingerprint density at radius 1 is 1.24 bits per heavy atom. The lowest BCUT2D eigenvalue weighted by Crippen LogP contribution is -2.55. The van der Waals surface area contributed by atoms with Gasteiger partial charge in [0.15, 0.2) is 5.60 Å². The first-order valence-electron chi connectivity index (χ1n) is 11.8. The number of halogens is 1. The molecule has 1 amide bonds. The molecule has 0 aliphatic carbocycles. The average molecular weight is 528 g/mol. The number of anilines is 1. The maximum Gasteiger partial charge on any atom is 0.415 e. The number of aromatic nitrogens is 2. The Bertz CT molecular complexity index is 1270. The molecule has 3 aromatic rings. The normalized spacial score (nSPS) is 20.9. The quantitative estimate of drug-likeness (QED) is 0.360. The van der Waals surface area contributed by atoms with Crippen LogP contribution in [0.5, 0.6) is 11.8 Å². The van der Waals surface area contributed by atoms with Crippen molar-refractivity contribution < 1.29 is 24.3 Å². The highest BCUT2D eigenvalue weighted by atomic mass is 35.5. The Hall–Kier alpha value is -3.99. The average Bonchev–Trinajstić information content (AvgIpc) is 3.40. The van der Waals surface area contributed by atoms with Crippen LogP contribution >= 0.6 is 11.6 Å². The summed E-state index contributed by atoms with van der Waals surface area (Å²) in [5.41, 5.74) is 1.32. The van der Waals surface area contributed by atoms with E-state index in [1.165, 1.54) is 11.1 Å². The second-order valence-corrected chi connectivity index (χ2v) is 9.94. The van der Waals surface area contributed by atoms with Crippen LogP contribution in [-0.2, 0) is 13.0 Å². The van der Waals surface area contributed by atoms with E-state index in [9.17, 15) is 20.0 Å². The fraction of sp³-hybridized carbons (Fsp3) is 0.360. The molecule has 194 valence electrons. The van der Waals surface area contributed by atoms with E-state index in [4.69, 9.17) is 21.1 Å². The van der Waals surface area contributed by atoms with Gasteiger partial charge in [0.2, 0.25) is 0 Å². The molecule has 2 aliphatic heterocycles. The van der Waals surface area contributed by atoms with Crippen molar-refractivity contribution in [3.8, 4) is 11.8 Å². The zero-order chi connectivity index (χ0) is 26.2. The molecule has 11 nitrogen and oxygen atoms in total. The van der Waals surface area contributed by atoms with Crippen molar-refractivity contribution >= 4 is 29.2 Å². The third kappa shape index (κ3) is 5.41. The van der Waals surface area contributed by atoms with E-state index in [-0.39, 0.29) is 24.5 Å². The van der Waals surface area contributed by atoms with Crippen LogP contribution in [0, 0.1) is 10.1 Å². The molecular weight excluding hydrogens is 502 g/mol. The van der Waals surface area contributed by atoms with Gasteiger partial charge in [0.1, 0.15) is 18.6 Å². The van der Waals surface area contributed by atoms with Gasteiger partial charge in [-0.25, -0.2) is 4.79 Å². The van der Waals surface area contributed by atoms with Crippen LogP contribution in [0.1, 0.15) is 12.5 Å². The van der Waals surface area contributed by atoms with Crippen LogP contribution in [0.4, 0.5) is 16.3 Å². The lowest BCUT2D eigenvalue weighted by molar-refractivity contribution is -0.389. The second kappa shape index (κ2) is 9.81. The Kier molecular flexibility index (Phi) is 6.55. The fourth-order valence-electron chi connectivity index (χ4n) is 4.75. The van der Waals surface area contributed by atoms with E-state index in [1.807, 2.05) is 55.5 Å². The van der Waals surface area contributed by atoms with E-state index in [0.29, 0.717) is 43.4 Å². The molecule has 1 aromatic heterocycles. The Balaban J connectivity index is 1.20. The molecule has 1 unspecified atom stereocenters. The van der Waals surface area contributed by atoms with Gasteiger partial charge in [0.05, 0.1) is 12.6 Å². The van der Waals surface area contributed by atoms with Gasteiger partial charge in [-0.2, -0.15) is 0 Å². The lowest BCUT2D eigenvalue weighted by atomic mass is 10.0. The molecule has 0 radical (unpaired) electrons. The summed E-state index contributed by atoms with van der Waals surface area (Å²) < 4.78 is 13.4. The summed E-state index contributed by atoms with van der Waals surface area (Å²) in [6.45, 7) is 4.07. The predicted octanol–water partition coefficient (Wildman–Crippen LogP) is 4.09. The molecule has 2 atom stereocenters. The van der Waals surface area contributed by atoms with Gasteiger partial charge >= 0.3 is 17.9 Å². The Labute approximate surface area is 217 Å². The number of rotatable bonds is 7. The fourth-order valence-corrected chi connectivity index (χ4v) is 4.88. The van der Waals surface area contributed by atoms with Crippen molar-refractivity contribution in [1.29, 1.82) is 0 Å². The third-order valence-corrected chi connectivity index (χ3v) is 6.87. The maximum atomic E-state index is 11.8. The number of carboxylic acid groups (broad SMARTS) is 1. The van der Waals surface area contributed by atoms with Crippen molar-refractivity contribution in [2.45, 2.75) is 31.5 Å². The number of hydrogen-bond donors (Lipinski definition) is 1. The van der Waals surface area contributed by atoms with E-state index >= 15 is 0 Å². The Morgan fingerprint density at radius 3 is 2.62 bits per heavy atom. The molecule has 1 saturated heterocycles. The van der Waals surface area contributed by atoms with E-state index in [1.54, 1.807) is 4.57 Å². The van der Waals surface area contributed by atoms with Crippen LogP contribution in [0.15, 0.2) is 54.7 Å². The van der Waals surface area contributed by atoms with E-state index in [2.05, 4.69) is 9.88 Å². The summed E-state index contributed by atoms with van der Waals surface area (Å²) in [4.78, 5) is 29.7. The minimum absolute atomic E-state index is 0.190. The van der Waals surface area contributed by atoms with Crippen LogP contribution in [0.25, 0.3) is 0 Å². The zero-order valence-electron chi connectivity index (χ0n) is 20.1. The number of hydrogen-bond acceptors (Lipinski definition) is 7. The molecule has 0 bridgehead atoms. The SMILES string of the molecule is CC1(COc2ccc(N3CCN(C(=O)O)[C@H](Cc4ccc(Cl)cc4)C3)cc2)Cn2cc([N+](=O)[O-])nc2O1. The number of piperazine rings is 1. The van der Waals surface area contributed by atoms with Gasteiger partial charge in [0.25, 0.3) is 0 Å². The summed E-state index contributed by atoms with van der Waals surface area (Å²) in [5, 5.41) is 21.2. The number of imidazole rings is 1. The number of carbonyl (C=O) groups is 1. The summed E-state index contributed by atoms with van der Waals surface area (Å²) >= 11 is 5.99. The van der Waals surface area contributed by atoms with Gasteiger partial charge in [0, 0.05) is 35.3 Å². The minimum Gasteiger partial charge on any atom is -0.489 e. The first kappa shape index (κ1) is 24.7. The summed E-state index contributed by atoms with van der Waals surface area (Å²) in [6, 6.07) is 15.2. The van der Waals surface area contributed by atoms with Crippen molar-refractivity contribution in [3.63, 3.8) is 0 Å². The minimum atomic E-state index is -0.915. The van der Waals surface area contributed by atoms with Crippen molar-refractivity contribution in [2.24, 2.45) is 0 Å². The second-order valence-electron chi connectivity index (χ2n) is 9.51. The molecule has 1 fully saturated rings. The van der Waals surface area contributed by atoms with Gasteiger partial charge in [-0.3, -0.25) is 4.57 Å². The van der Waals surface area contributed by atoms with Crippen LogP contribution in [-0.4, -0.2) is 68.5 Å². The van der Waals surface area contributed by atoms with Crippen molar-refractivity contribution in [3.05, 3.63) is 75.4 Å². The van der Waals surface area contributed by atoms with Gasteiger partial charge < -0.3 is 34.5 Å². The molecule has 3 heterocycles. The number of benzene rings is 2. The summed E-state index contributed by atoms with van der Waals surface area (Å²) in [5.74, 6) is 0.416. The molecule has 2 aliphatic rings. The third-order valence-electron chi connectivity index (χ3n) is 6.62. The Morgan fingerprint density at radius 2 is 1.97 bits per heavy atom. The monoisotopic (exact) mass is 527 g/mol. The van der Waals surface area contributed by atoms with E-state index < -0.39 is 16.6 Å². The molecule has 2 aromatic carbocycles. The highest BCUT2D eigenvalue weighted by Crippen LogP contribution is 2.32. The van der Waals surface area contributed by atoms with Gasteiger partial charge in [-0.05, 0) is 60.2 Å². The maximum absolute atomic E-state index is 11.8. The van der Waals surface area contributed by atoms with Gasteiger partial charge in [-0.15, -0.1) is 0 Å². The lowest BCUT2D eigenvalue weighted by Gasteiger charge is -2.41. The number of nitrogens with zero attached hydrogens (tertiary/aromatic N) is 5. The van der Waals surface area contributed by atoms with Crippen molar-refractivity contribution in [2.75, 3.05) is 31.1 Å². The number of nitro groups is 1. The van der Waals surface area contributed by atoms with Gasteiger partial charge in [-0.1, -0.05) is 23.7 Å². The highest BCUT2D eigenvalue weighted by Gasteiger charge is 2.41. The smallest absolute Gasteiger partial charge is 0.415 e. The molecule has 12 heteroatoms. The van der Waals surface area contributed by atoms with Crippen LogP contribution in [0.3, 0.4) is 0 Å². The first-order chi connectivity index (χ1) is 17.7. The standard InChI is InChI=1S/C25H26ClN5O6/c1-25(15-29-14-22(31(34)35)27-23(29)37-25)16-36-21-8-6-19(7-9-21)28-10-11-30(24(32)33)20(13-28)12-17-2-4-18(26)5-3-17/h2-9,14,20H,10-13,15-16H2,1H3,(H,32,33)/t20-,25?/m1/s1. The number of fused-ring (bicyclic) bond motifs is 1. The topological polar surface area (TPSA) is 123 Å². The highest BCUT2D eigenvalue weighted by molar-refractivity contribution is 6.30. The van der Waals surface area contributed by atoms with Crippen molar-refractivity contribution in [1.82, 2.24) is 14.5 Å². The molecular formula is C25H26ClN5O6.